The Hall–Kier alpha value is -2.78. The Morgan fingerprint density at radius 2 is 1.24 bits per heavy atom. The van der Waals surface area contributed by atoms with Crippen LogP contribution in [0.4, 0.5) is 17.6 Å². The highest BCUT2D eigenvalue weighted by Gasteiger charge is 2.29. The lowest BCUT2D eigenvalue weighted by Crippen LogP contribution is -2.08. The zero-order valence-corrected chi connectivity index (χ0v) is 26.1. The van der Waals surface area contributed by atoms with Crippen molar-refractivity contribution in [2.75, 3.05) is 6.61 Å². The third kappa shape index (κ3) is 6.57. The van der Waals surface area contributed by atoms with E-state index < -0.39 is 40.4 Å². The fraction of sp³-hybridized carbons (Fsp3) is 0.455. The van der Waals surface area contributed by atoms with E-state index in [4.69, 9.17) is 4.74 Å². The normalized spacial score (nSPS) is 11.6. The molecule has 226 valence electrons. The summed E-state index contributed by atoms with van der Waals surface area (Å²) < 4.78 is 65.3. The largest absolute Gasteiger partial charge is 0.462 e. The van der Waals surface area contributed by atoms with E-state index in [2.05, 4.69) is 6.92 Å². The lowest BCUT2D eigenvalue weighted by atomic mass is 9.99. The standard InChI is InChI=1S/C33H36F4O3S2/c1-5-6-7-8-9-10-11-12-13-14-15-40-33(39)25-21-16-18(2)41-31(21)24(20(4)38)22-17-23(42-32(22)25)26-29(36)27(34)19(3)28(35)30(26)37/h16-17H,5-15H2,1-4H3. The van der Waals surface area contributed by atoms with E-state index >= 15 is 0 Å². The number of unbranched alkanes of at least 4 members (excludes halogenated alkanes) is 9. The molecule has 0 spiro atoms. The summed E-state index contributed by atoms with van der Waals surface area (Å²) in [7, 11) is 0. The molecule has 0 saturated carbocycles. The van der Waals surface area contributed by atoms with Gasteiger partial charge in [-0.2, -0.15) is 0 Å². The van der Waals surface area contributed by atoms with Gasteiger partial charge in [-0.1, -0.05) is 64.7 Å². The number of hydrogen-bond acceptors (Lipinski definition) is 5. The topological polar surface area (TPSA) is 43.4 Å². The lowest BCUT2D eigenvalue weighted by Gasteiger charge is -2.10. The molecule has 0 unspecified atom stereocenters. The summed E-state index contributed by atoms with van der Waals surface area (Å²) in [5.41, 5.74) is -1.14. The Morgan fingerprint density at radius 1 is 0.714 bits per heavy atom. The van der Waals surface area contributed by atoms with Crippen LogP contribution < -0.4 is 0 Å². The second-order valence-corrected chi connectivity index (χ2v) is 13.1. The van der Waals surface area contributed by atoms with Crippen molar-refractivity contribution in [1.29, 1.82) is 0 Å². The molecule has 0 aliphatic heterocycles. The van der Waals surface area contributed by atoms with Gasteiger partial charge in [-0.3, -0.25) is 4.79 Å². The number of ketones is 1. The number of thiophene rings is 2. The summed E-state index contributed by atoms with van der Waals surface area (Å²) in [6.45, 7) is 6.60. The summed E-state index contributed by atoms with van der Waals surface area (Å²) in [4.78, 5) is 27.0. The van der Waals surface area contributed by atoms with Crippen molar-refractivity contribution < 1.29 is 31.9 Å². The molecule has 0 bridgehead atoms. The molecule has 2 aromatic heterocycles. The highest BCUT2D eigenvalue weighted by molar-refractivity contribution is 7.23. The van der Waals surface area contributed by atoms with Gasteiger partial charge >= 0.3 is 5.97 Å². The number of fused-ring (bicyclic) bond motifs is 2. The van der Waals surface area contributed by atoms with E-state index in [1.54, 1.807) is 6.07 Å². The van der Waals surface area contributed by atoms with Gasteiger partial charge < -0.3 is 4.74 Å². The van der Waals surface area contributed by atoms with Gasteiger partial charge in [0.05, 0.1) is 22.4 Å². The van der Waals surface area contributed by atoms with Crippen molar-refractivity contribution in [2.45, 2.75) is 91.9 Å². The first-order valence-corrected chi connectivity index (χ1v) is 16.2. The van der Waals surface area contributed by atoms with Gasteiger partial charge in [-0.15, -0.1) is 22.7 Å². The minimum atomic E-state index is -1.52. The fourth-order valence-corrected chi connectivity index (χ4v) is 7.72. The molecule has 0 aliphatic carbocycles. The van der Waals surface area contributed by atoms with Crippen LogP contribution in [0.1, 0.15) is 109 Å². The Morgan fingerprint density at radius 3 is 1.81 bits per heavy atom. The van der Waals surface area contributed by atoms with Crippen LogP contribution in [0, 0.1) is 37.1 Å². The second kappa shape index (κ2) is 14.1. The van der Waals surface area contributed by atoms with E-state index in [-0.39, 0.29) is 27.5 Å². The molecule has 9 heteroatoms. The molecular weight excluding hydrogens is 584 g/mol. The van der Waals surface area contributed by atoms with Crippen molar-refractivity contribution in [3.8, 4) is 10.4 Å². The molecule has 0 saturated heterocycles. The highest BCUT2D eigenvalue weighted by atomic mass is 32.1. The lowest BCUT2D eigenvalue weighted by molar-refractivity contribution is 0.0502. The summed E-state index contributed by atoms with van der Waals surface area (Å²) in [5.74, 6) is -6.93. The molecule has 2 aromatic carbocycles. The van der Waals surface area contributed by atoms with E-state index in [1.165, 1.54) is 62.9 Å². The van der Waals surface area contributed by atoms with E-state index in [9.17, 15) is 27.2 Å². The van der Waals surface area contributed by atoms with Gasteiger partial charge in [0, 0.05) is 36.4 Å². The maximum Gasteiger partial charge on any atom is 0.340 e. The highest BCUT2D eigenvalue weighted by Crippen LogP contribution is 2.46. The van der Waals surface area contributed by atoms with E-state index in [1.807, 2.05) is 6.92 Å². The monoisotopic (exact) mass is 620 g/mol. The first-order chi connectivity index (χ1) is 20.1. The molecule has 0 atom stereocenters. The van der Waals surface area contributed by atoms with Crippen molar-refractivity contribution >= 4 is 54.6 Å². The van der Waals surface area contributed by atoms with Crippen LogP contribution in [0.2, 0.25) is 0 Å². The fourth-order valence-electron chi connectivity index (χ4n) is 5.35. The quantitative estimate of drug-likeness (QED) is 0.0463. The molecule has 2 heterocycles. The number of carbonyl (C=O) groups is 2. The Labute approximate surface area is 251 Å². The molecule has 0 radical (unpaired) electrons. The van der Waals surface area contributed by atoms with Crippen LogP contribution in [0.15, 0.2) is 12.1 Å². The molecule has 4 rings (SSSR count). The number of Topliss-reactive ketones (excluding diaryl/α,β-unsaturated/α-hetero) is 1. The average molecular weight is 621 g/mol. The minimum absolute atomic E-state index is 0.126. The molecule has 4 aromatic rings. The number of aryl methyl sites for hydroxylation is 1. The van der Waals surface area contributed by atoms with Crippen LogP contribution in [-0.4, -0.2) is 18.4 Å². The predicted molar refractivity (Wildman–Crippen MR) is 164 cm³/mol. The average Bonchev–Trinajstić information content (AvgIpc) is 3.54. The van der Waals surface area contributed by atoms with Gasteiger partial charge in [-0.05, 0) is 39.3 Å². The molecule has 0 N–H and O–H groups in total. The number of halogens is 4. The number of benzene rings is 2. The number of ether oxygens (including phenoxy) is 1. The van der Waals surface area contributed by atoms with Gasteiger partial charge in [0.1, 0.15) is 0 Å². The second-order valence-electron chi connectivity index (χ2n) is 10.8. The molecular formula is C33H36F4O3S2. The Balaban J connectivity index is 1.63. The summed E-state index contributed by atoms with van der Waals surface area (Å²) in [5, 5.41) is 0.807. The number of rotatable bonds is 14. The number of hydrogen-bond donors (Lipinski definition) is 0. The minimum Gasteiger partial charge on any atom is -0.462 e. The first kappa shape index (κ1) is 32.1. The van der Waals surface area contributed by atoms with Crippen molar-refractivity contribution in [2.24, 2.45) is 0 Å². The van der Waals surface area contributed by atoms with Crippen LogP contribution in [0.25, 0.3) is 30.6 Å². The van der Waals surface area contributed by atoms with Crippen molar-refractivity contribution in [1.82, 2.24) is 0 Å². The number of carbonyl (C=O) groups excluding carboxylic acids is 2. The van der Waals surface area contributed by atoms with Crippen LogP contribution >= 0.6 is 22.7 Å². The van der Waals surface area contributed by atoms with Gasteiger partial charge in [0.25, 0.3) is 0 Å². The van der Waals surface area contributed by atoms with Gasteiger partial charge in [0.15, 0.2) is 29.1 Å². The van der Waals surface area contributed by atoms with Crippen LogP contribution in [0.5, 0.6) is 0 Å². The maximum absolute atomic E-state index is 15.0. The summed E-state index contributed by atoms with van der Waals surface area (Å²) >= 11 is 2.14. The first-order valence-electron chi connectivity index (χ1n) is 14.6. The maximum atomic E-state index is 15.0. The molecule has 42 heavy (non-hydrogen) atoms. The van der Waals surface area contributed by atoms with Crippen molar-refractivity contribution in [3.63, 3.8) is 0 Å². The van der Waals surface area contributed by atoms with E-state index in [0.717, 1.165) is 42.4 Å². The molecule has 0 aliphatic rings. The van der Waals surface area contributed by atoms with Crippen molar-refractivity contribution in [3.05, 3.63) is 57.0 Å². The SMILES string of the molecule is CCCCCCCCCCCCOC(=O)c1c2cc(C)sc2c(C(C)=O)c2cc(-c3c(F)c(F)c(C)c(F)c3F)sc12. The molecule has 3 nitrogen and oxygen atoms in total. The van der Waals surface area contributed by atoms with Gasteiger partial charge in [0.2, 0.25) is 0 Å². The van der Waals surface area contributed by atoms with Gasteiger partial charge in [-0.25, -0.2) is 22.4 Å². The third-order valence-corrected chi connectivity index (χ3v) is 9.83. The smallest absolute Gasteiger partial charge is 0.340 e. The van der Waals surface area contributed by atoms with E-state index in [0.29, 0.717) is 27.5 Å². The zero-order valence-electron chi connectivity index (χ0n) is 24.5. The number of esters is 1. The summed E-state index contributed by atoms with van der Waals surface area (Å²) in [6.07, 6.45) is 11.4. The molecule has 0 fully saturated rings. The Bertz CT molecular complexity index is 1590. The Kier molecular flexibility index (Phi) is 10.8. The van der Waals surface area contributed by atoms with Crippen LogP contribution in [-0.2, 0) is 4.74 Å². The van der Waals surface area contributed by atoms with Crippen LogP contribution in [0.3, 0.4) is 0 Å². The molecule has 0 amide bonds. The predicted octanol–water partition coefficient (Wildman–Crippen LogP) is 11.2. The third-order valence-electron chi connectivity index (χ3n) is 7.60. The summed E-state index contributed by atoms with van der Waals surface area (Å²) in [6, 6.07) is 3.12. The zero-order chi connectivity index (χ0) is 30.6.